The quantitative estimate of drug-likeness (QED) is 0.433. The summed E-state index contributed by atoms with van der Waals surface area (Å²) in [6, 6.07) is 0. The van der Waals surface area contributed by atoms with Crippen molar-refractivity contribution in [3.05, 3.63) is 11.1 Å². The molecule has 0 heterocycles. The highest BCUT2D eigenvalue weighted by molar-refractivity contribution is 5.25. The SMILES string of the molecule is C1CCC(=C2CC2)CC1. The first kappa shape index (κ1) is 5.52. The third-order valence-electron chi connectivity index (χ3n) is 2.46. The maximum absolute atomic E-state index is 1.83. The van der Waals surface area contributed by atoms with Crippen LogP contribution in [0.2, 0.25) is 0 Å². The zero-order chi connectivity index (χ0) is 6.10. The minimum absolute atomic E-state index is 1.44. The standard InChI is InChI=1S/C9H14/c1-2-4-8(5-3-1)9-6-7-9/h1-7H2. The molecular formula is C9H14. The molecule has 2 rings (SSSR count). The van der Waals surface area contributed by atoms with Gasteiger partial charge in [0.05, 0.1) is 0 Å². The fourth-order valence-corrected chi connectivity index (χ4v) is 1.75. The predicted molar refractivity (Wildman–Crippen MR) is 39.3 cm³/mol. The van der Waals surface area contributed by atoms with Crippen molar-refractivity contribution in [3.63, 3.8) is 0 Å². The van der Waals surface area contributed by atoms with Crippen LogP contribution in [0.5, 0.6) is 0 Å². The molecule has 50 valence electrons. The lowest BCUT2D eigenvalue weighted by molar-refractivity contribution is 0.597. The topological polar surface area (TPSA) is 0 Å². The molecule has 0 N–H and O–H groups in total. The molecule has 0 unspecified atom stereocenters. The molecular weight excluding hydrogens is 108 g/mol. The molecule has 2 saturated carbocycles. The molecule has 0 aromatic carbocycles. The maximum atomic E-state index is 1.83. The summed E-state index contributed by atoms with van der Waals surface area (Å²) in [5.41, 5.74) is 3.65. The van der Waals surface area contributed by atoms with Crippen LogP contribution >= 0.6 is 0 Å². The second-order valence-electron chi connectivity index (χ2n) is 3.27. The smallest absolute Gasteiger partial charge is 0.0280 e. The van der Waals surface area contributed by atoms with E-state index in [1.54, 1.807) is 0 Å². The first-order valence-corrected chi connectivity index (χ1v) is 4.16. The third kappa shape index (κ3) is 1.17. The van der Waals surface area contributed by atoms with Crippen LogP contribution in [0.4, 0.5) is 0 Å². The molecule has 0 amide bonds. The average molecular weight is 122 g/mol. The highest BCUT2D eigenvalue weighted by Crippen LogP contribution is 2.37. The Morgan fingerprint density at radius 2 is 1.11 bits per heavy atom. The molecule has 2 fully saturated rings. The van der Waals surface area contributed by atoms with Gasteiger partial charge in [-0.2, -0.15) is 0 Å². The molecule has 0 radical (unpaired) electrons. The Kier molecular flexibility index (Phi) is 1.33. The van der Waals surface area contributed by atoms with Crippen LogP contribution in [-0.4, -0.2) is 0 Å². The van der Waals surface area contributed by atoms with Gasteiger partial charge in [0.15, 0.2) is 0 Å². The predicted octanol–water partition coefficient (Wildman–Crippen LogP) is 3.04. The monoisotopic (exact) mass is 122 g/mol. The third-order valence-corrected chi connectivity index (χ3v) is 2.46. The van der Waals surface area contributed by atoms with Crippen molar-refractivity contribution < 1.29 is 0 Å². The second kappa shape index (κ2) is 2.17. The van der Waals surface area contributed by atoms with Crippen LogP contribution in [0, 0.1) is 0 Å². The Morgan fingerprint density at radius 3 is 1.67 bits per heavy atom. The normalized spacial score (nSPS) is 26.7. The van der Waals surface area contributed by atoms with E-state index in [4.69, 9.17) is 0 Å². The second-order valence-corrected chi connectivity index (χ2v) is 3.27. The van der Waals surface area contributed by atoms with Crippen LogP contribution < -0.4 is 0 Å². The van der Waals surface area contributed by atoms with Gasteiger partial charge in [-0.15, -0.1) is 0 Å². The number of allylic oxidation sites excluding steroid dienone is 2. The largest absolute Gasteiger partial charge is 0.0710 e. The zero-order valence-corrected chi connectivity index (χ0v) is 5.95. The number of rotatable bonds is 0. The van der Waals surface area contributed by atoms with Gasteiger partial charge in [0.2, 0.25) is 0 Å². The Balaban J connectivity index is 2.02. The zero-order valence-electron chi connectivity index (χ0n) is 5.95. The van der Waals surface area contributed by atoms with Crippen LogP contribution in [0.1, 0.15) is 44.9 Å². The van der Waals surface area contributed by atoms with E-state index >= 15 is 0 Å². The Bertz CT molecular complexity index is 128. The highest BCUT2D eigenvalue weighted by atomic mass is 14.2. The van der Waals surface area contributed by atoms with Crippen molar-refractivity contribution in [3.8, 4) is 0 Å². The van der Waals surface area contributed by atoms with E-state index in [1.807, 2.05) is 11.1 Å². The van der Waals surface area contributed by atoms with Gasteiger partial charge in [-0.1, -0.05) is 17.6 Å². The van der Waals surface area contributed by atoms with Gasteiger partial charge in [-0.05, 0) is 38.5 Å². The summed E-state index contributed by atoms with van der Waals surface area (Å²) in [5, 5.41) is 0. The van der Waals surface area contributed by atoms with Gasteiger partial charge in [-0.25, -0.2) is 0 Å². The molecule has 0 aliphatic heterocycles. The van der Waals surface area contributed by atoms with Crippen molar-refractivity contribution in [2.24, 2.45) is 0 Å². The minimum Gasteiger partial charge on any atom is -0.0710 e. The summed E-state index contributed by atoms with van der Waals surface area (Å²) in [4.78, 5) is 0. The summed E-state index contributed by atoms with van der Waals surface area (Å²) in [6.07, 6.45) is 10.2. The van der Waals surface area contributed by atoms with Crippen molar-refractivity contribution in [2.45, 2.75) is 44.9 Å². The summed E-state index contributed by atoms with van der Waals surface area (Å²) in [7, 11) is 0. The molecule has 0 aromatic heterocycles. The molecule has 0 heteroatoms. The van der Waals surface area contributed by atoms with Gasteiger partial charge in [-0.3, -0.25) is 0 Å². The molecule has 0 nitrogen and oxygen atoms in total. The Labute approximate surface area is 57.0 Å². The van der Waals surface area contributed by atoms with Gasteiger partial charge < -0.3 is 0 Å². The van der Waals surface area contributed by atoms with E-state index in [1.165, 1.54) is 44.9 Å². The van der Waals surface area contributed by atoms with Crippen molar-refractivity contribution in [1.82, 2.24) is 0 Å². The minimum atomic E-state index is 1.44. The summed E-state index contributed by atoms with van der Waals surface area (Å²) in [6.45, 7) is 0. The van der Waals surface area contributed by atoms with Crippen LogP contribution in [0.15, 0.2) is 11.1 Å². The van der Waals surface area contributed by atoms with Crippen molar-refractivity contribution in [1.29, 1.82) is 0 Å². The first-order valence-electron chi connectivity index (χ1n) is 4.16. The first-order chi connectivity index (χ1) is 4.47. The fourth-order valence-electron chi connectivity index (χ4n) is 1.75. The molecule has 2 aliphatic rings. The molecule has 9 heavy (non-hydrogen) atoms. The van der Waals surface area contributed by atoms with E-state index in [0.717, 1.165) is 0 Å². The summed E-state index contributed by atoms with van der Waals surface area (Å²) in [5.74, 6) is 0. The Morgan fingerprint density at radius 1 is 0.556 bits per heavy atom. The van der Waals surface area contributed by atoms with E-state index in [9.17, 15) is 0 Å². The van der Waals surface area contributed by atoms with Gasteiger partial charge >= 0.3 is 0 Å². The van der Waals surface area contributed by atoms with Gasteiger partial charge in [0.1, 0.15) is 0 Å². The molecule has 0 saturated heterocycles. The van der Waals surface area contributed by atoms with E-state index in [2.05, 4.69) is 0 Å². The highest BCUT2D eigenvalue weighted by Gasteiger charge is 2.18. The van der Waals surface area contributed by atoms with Gasteiger partial charge in [0, 0.05) is 0 Å². The van der Waals surface area contributed by atoms with Crippen molar-refractivity contribution in [2.75, 3.05) is 0 Å². The summed E-state index contributed by atoms with van der Waals surface area (Å²) < 4.78 is 0. The van der Waals surface area contributed by atoms with Crippen LogP contribution in [0.25, 0.3) is 0 Å². The molecule has 0 aromatic rings. The van der Waals surface area contributed by atoms with Crippen molar-refractivity contribution >= 4 is 0 Å². The van der Waals surface area contributed by atoms with E-state index in [-0.39, 0.29) is 0 Å². The number of hydrogen-bond donors (Lipinski definition) is 0. The lowest BCUT2D eigenvalue weighted by atomic mass is 9.94. The fraction of sp³-hybridized carbons (Fsp3) is 0.778. The maximum Gasteiger partial charge on any atom is -0.0280 e. The lowest BCUT2D eigenvalue weighted by Gasteiger charge is -2.12. The Hall–Kier alpha value is -0.260. The average Bonchev–Trinajstić information content (AvgIpc) is 2.71. The summed E-state index contributed by atoms with van der Waals surface area (Å²) >= 11 is 0. The number of hydrogen-bond acceptors (Lipinski definition) is 0. The lowest BCUT2D eigenvalue weighted by Crippen LogP contribution is -1.92. The van der Waals surface area contributed by atoms with Gasteiger partial charge in [0.25, 0.3) is 0 Å². The van der Waals surface area contributed by atoms with Crippen LogP contribution in [-0.2, 0) is 0 Å². The van der Waals surface area contributed by atoms with Crippen LogP contribution in [0.3, 0.4) is 0 Å². The molecule has 0 bridgehead atoms. The molecule has 0 atom stereocenters. The molecule has 2 aliphatic carbocycles. The molecule has 0 spiro atoms. The van der Waals surface area contributed by atoms with E-state index < -0.39 is 0 Å². The van der Waals surface area contributed by atoms with E-state index in [0.29, 0.717) is 0 Å².